The van der Waals surface area contributed by atoms with Crippen molar-refractivity contribution in [2.75, 3.05) is 6.61 Å². The van der Waals surface area contributed by atoms with Gasteiger partial charge in [0.25, 0.3) is 5.79 Å². The lowest BCUT2D eigenvalue weighted by molar-refractivity contribution is -0.307. The van der Waals surface area contributed by atoms with Gasteiger partial charge in [-0.2, -0.15) is 0 Å². The lowest BCUT2D eigenvalue weighted by Crippen LogP contribution is -2.77. The molecule has 2 rings (SSSR count). The van der Waals surface area contributed by atoms with Gasteiger partial charge in [-0.05, 0) is 0 Å². The van der Waals surface area contributed by atoms with Gasteiger partial charge in [-0.25, -0.2) is 4.79 Å². The zero-order valence-electron chi connectivity index (χ0n) is 18.7. The number of carbonyl (C=O) groups is 5. The number of hydrogen-bond acceptors (Lipinski definition) is 12. The molecule has 1 fully saturated rings. The molecule has 9 N–H and O–H groups in total. The summed E-state index contributed by atoms with van der Waals surface area (Å²) in [6.07, 6.45) is -7.85. The van der Waals surface area contributed by atoms with Crippen molar-refractivity contribution in [1.29, 1.82) is 0 Å². The largest absolute Gasteiger partial charge is 0.480 e. The maximum Gasteiger partial charge on any atom is 0.366 e. The fraction of sp³-hybridized carbons (Fsp3) is 0.476. The van der Waals surface area contributed by atoms with Gasteiger partial charge in [0.1, 0.15) is 30.6 Å². The number of ether oxygens (including phenoxy) is 1. The second kappa shape index (κ2) is 11.6. The summed E-state index contributed by atoms with van der Waals surface area (Å²) in [5.74, 6) is -9.49. The van der Waals surface area contributed by atoms with E-state index >= 15 is 0 Å². The molecule has 0 aliphatic carbocycles. The highest BCUT2D eigenvalue weighted by Crippen LogP contribution is 2.32. The van der Waals surface area contributed by atoms with Crippen molar-refractivity contribution < 1.29 is 64.5 Å². The Kier molecular flexibility index (Phi) is 9.33. The molecule has 1 aromatic rings. The highest BCUT2D eigenvalue weighted by atomic mass is 16.7. The molecule has 36 heavy (non-hydrogen) atoms. The smallest absolute Gasteiger partial charge is 0.366 e. The van der Waals surface area contributed by atoms with Crippen molar-refractivity contribution in [3.63, 3.8) is 0 Å². The van der Waals surface area contributed by atoms with E-state index in [9.17, 15) is 54.6 Å². The maximum atomic E-state index is 12.9. The summed E-state index contributed by atoms with van der Waals surface area (Å²) in [7, 11) is 0. The van der Waals surface area contributed by atoms with E-state index in [1.807, 2.05) is 5.32 Å². The van der Waals surface area contributed by atoms with E-state index in [1.54, 1.807) is 0 Å². The third-order valence-electron chi connectivity index (χ3n) is 5.58. The minimum absolute atomic E-state index is 0.176. The fourth-order valence-corrected chi connectivity index (χ4v) is 3.72. The second-order valence-electron chi connectivity index (χ2n) is 8.06. The topological polar surface area (TPSA) is 260 Å². The Balaban J connectivity index is 2.51. The average Bonchev–Trinajstić information content (AvgIpc) is 2.83. The molecule has 0 bridgehead atoms. The number of hydrogen-bond donors (Lipinski definition) is 9. The first kappa shape index (κ1) is 28.9. The number of amides is 1. The summed E-state index contributed by atoms with van der Waals surface area (Å²) < 4.78 is 5.07. The standard InChI is InChI=1S/C21H26N2O13/c1-8(26)22-12-16(30)18(21(35,20(33)34)36-17(12)15(29)11(27)7-25)23-13(19(31)32)14(28)10-4-2-9(6-24)3-5-10/h2-6,11-13,15-18,23,25,27,29-30,35H,7H2,1H3,(H,22,26)(H,31,32)(H,33,34)/t11-,12-,13?,15?,16-,17-,18?,21-/m1/s1. The molecule has 1 aliphatic heterocycles. The van der Waals surface area contributed by atoms with Crippen LogP contribution in [0.5, 0.6) is 0 Å². The monoisotopic (exact) mass is 514 g/mol. The van der Waals surface area contributed by atoms with Gasteiger partial charge in [-0.15, -0.1) is 0 Å². The van der Waals surface area contributed by atoms with Gasteiger partial charge in [-0.1, -0.05) is 24.3 Å². The summed E-state index contributed by atoms with van der Waals surface area (Å²) in [5.41, 5.74) is -0.0427. The first-order valence-electron chi connectivity index (χ1n) is 10.4. The number of aldehydes is 1. The molecule has 15 nitrogen and oxygen atoms in total. The predicted octanol–water partition coefficient (Wildman–Crippen LogP) is -4.16. The molecule has 1 amide bonds. The van der Waals surface area contributed by atoms with Crippen molar-refractivity contribution in [3.05, 3.63) is 35.4 Å². The van der Waals surface area contributed by atoms with E-state index < -0.39 is 78.6 Å². The van der Waals surface area contributed by atoms with Crippen LogP contribution in [0.15, 0.2) is 24.3 Å². The van der Waals surface area contributed by atoms with Crippen LogP contribution in [0, 0.1) is 0 Å². The normalized spacial score (nSPS) is 28.4. The number of aliphatic carboxylic acids is 2. The van der Waals surface area contributed by atoms with Crippen molar-refractivity contribution in [2.24, 2.45) is 0 Å². The minimum Gasteiger partial charge on any atom is -0.480 e. The molecule has 1 saturated heterocycles. The lowest BCUT2D eigenvalue weighted by atomic mass is 9.84. The zero-order chi connectivity index (χ0) is 27.4. The Morgan fingerprint density at radius 2 is 1.72 bits per heavy atom. The van der Waals surface area contributed by atoms with E-state index in [0.29, 0.717) is 6.29 Å². The van der Waals surface area contributed by atoms with Crippen LogP contribution in [0.1, 0.15) is 27.6 Å². The van der Waals surface area contributed by atoms with Crippen molar-refractivity contribution in [1.82, 2.24) is 10.6 Å². The van der Waals surface area contributed by atoms with E-state index in [2.05, 4.69) is 5.32 Å². The van der Waals surface area contributed by atoms with Gasteiger partial charge in [0.05, 0.1) is 18.8 Å². The molecule has 15 heteroatoms. The summed E-state index contributed by atoms with van der Waals surface area (Å²) in [6, 6.07) is -1.61. The lowest BCUT2D eigenvalue weighted by Gasteiger charge is -2.49. The number of carboxylic acids is 2. The summed E-state index contributed by atoms with van der Waals surface area (Å²) in [4.78, 5) is 59.2. The number of rotatable bonds is 11. The van der Waals surface area contributed by atoms with Crippen LogP contribution in [-0.2, 0) is 19.1 Å². The highest BCUT2D eigenvalue weighted by molar-refractivity contribution is 6.11. The fourth-order valence-electron chi connectivity index (χ4n) is 3.72. The number of aliphatic hydroxyl groups is 5. The van der Waals surface area contributed by atoms with Gasteiger partial charge in [-0.3, -0.25) is 24.5 Å². The van der Waals surface area contributed by atoms with Crippen LogP contribution in [0.4, 0.5) is 0 Å². The number of carboxylic acid groups (broad SMARTS) is 2. The van der Waals surface area contributed by atoms with Crippen molar-refractivity contribution >= 4 is 29.9 Å². The molecule has 0 saturated carbocycles. The first-order chi connectivity index (χ1) is 16.8. The van der Waals surface area contributed by atoms with E-state index in [4.69, 9.17) is 9.84 Å². The molecule has 1 heterocycles. The number of carbonyl (C=O) groups excluding carboxylic acids is 3. The Hall–Kier alpha value is -3.31. The molecule has 0 radical (unpaired) electrons. The van der Waals surface area contributed by atoms with Gasteiger partial charge in [0, 0.05) is 18.1 Å². The van der Waals surface area contributed by atoms with Crippen LogP contribution >= 0.6 is 0 Å². The SMILES string of the molecule is CC(=O)N[C@@H]1[C@@H](O)C(NC(C(=O)O)C(=O)c2ccc(C=O)cc2)[C@](O)(C(=O)O)O[C@H]1C(O)[C@H](O)CO. The number of ketones is 1. The van der Waals surface area contributed by atoms with Crippen LogP contribution in [-0.4, -0.2) is 121 Å². The van der Waals surface area contributed by atoms with Gasteiger partial charge >= 0.3 is 11.9 Å². The molecule has 8 atom stereocenters. The molecule has 198 valence electrons. The molecule has 1 aromatic carbocycles. The highest BCUT2D eigenvalue weighted by Gasteiger charge is 2.61. The summed E-state index contributed by atoms with van der Waals surface area (Å²) >= 11 is 0. The van der Waals surface area contributed by atoms with Crippen molar-refractivity contribution in [3.8, 4) is 0 Å². The van der Waals surface area contributed by atoms with Crippen LogP contribution < -0.4 is 10.6 Å². The Bertz CT molecular complexity index is 1000. The van der Waals surface area contributed by atoms with Gasteiger partial charge in [0.15, 0.2) is 11.8 Å². The summed E-state index contributed by atoms with van der Waals surface area (Å²) in [5, 5.41) is 74.4. The Morgan fingerprint density at radius 1 is 1.14 bits per heavy atom. The van der Waals surface area contributed by atoms with Crippen LogP contribution in [0.3, 0.4) is 0 Å². The van der Waals surface area contributed by atoms with Crippen LogP contribution in [0.25, 0.3) is 0 Å². The molecule has 3 unspecified atom stereocenters. The first-order valence-corrected chi connectivity index (χ1v) is 10.4. The van der Waals surface area contributed by atoms with E-state index in [-0.39, 0.29) is 11.1 Å². The van der Waals surface area contributed by atoms with Gasteiger partial charge < -0.3 is 45.8 Å². The van der Waals surface area contributed by atoms with E-state index in [1.165, 1.54) is 12.1 Å². The Labute approximate surface area is 202 Å². The van der Waals surface area contributed by atoms with E-state index in [0.717, 1.165) is 19.1 Å². The second-order valence-corrected chi connectivity index (χ2v) is 8.06. The van der Waals surface area contributed by atoms with Gasteiger partial charge in [0.2, 0.25) is 5.91 Å². The Morgan fingerprint density at radius 3 is 2.17 bits per heavy atom. The molecule has 0 spiro atoms. The predicted molar refractivity (Wildman–Crippen MR) is 115 cm³/mol. The van der Waals surface area contributed by atoms with Crippen LogP contribution in [0.2, 0.25) is 0 Å². The molecule has 1 aliphatic rings. The maximum absolute atomic E-state index is 12.9. The molecular weight excluding hydrogens is 488 g/mol. The number of Topliss-reactive ketones (excluding diaryl/α,β-unsaturated/α-hetero) is 1. The average molecular weight is 514 g/mol. The number of aliphatic hydroxyl groups excluding tert-OH is 4. The molecular formula is C21H26N2O13. The number of benzene rings is 1. The number of nitrogens with one attached hydrogen (secondary N) is 2. The van der Waals surface area contributed by atoms with Crippen molar-refractivity contribution in [2.45, 2.75) is 55.3 Å². The quantitative estimate of drug-likeness (QED) is 0.0771. The summed E-state index contributed by atoms with van der Waals surface area (Å²) in [6.45, 7) is -0.0682. The minimum atomic E-state index is -3.50. The molecule has 0 aromatic heterocycles. The third-order valence-corrected chi connectivity index (χ3v) is 5.58. The third kappa shape index (κ3) is 5.90. The zero-order valence-corrected chi connectivity index (χ0v) is 18.7.